The van der Waals surface area contributed by atoms with Gasteiger partial charge in [0.25, 0.3) is 11.9 Å². The van der Waals surface area contributed by atoms with Gasteiger partial charge < -0.3 is 14.6 Å². The number of carbonyl (C=O) groups excluding carboxylic acids is 1. The molecule has 94 valence electrons. The highest BCUT2D eigenvalue weighted by atomic mass is 16.5. The molecule has 3 rings (SSSR count). The normalized spacial score (nSPS) is 14.6. The van der Waals surface area contributed by atoms with Gasteiger partial charge in [-0.2, -0.15) is 4.98 Å². The molecule has 1 saturated heterocycles. The summed E-state index contributed by atoms with van der Waals surface area (Å²) in [6, 6.07) is 6.01. The maximum Gasteiger partial charge on any atom is 0.294 e. The number of benzene rings is 1. The maximum atomic E-state index is 12.1. The number of fused-ring (bicyclic) bond motifs is 1. The zero-order valence-electron chi connectivity index (χ0n) is 10.3. The standard InChI is InChI=1S/C13H15N3O2/c1-2-18-13-14-10-5-4-9(8-11(10)15-13)12(17)16-6-3-7-16/h4-5,8H,2-3,6-7H2,1H3,(H,14,15). The summed E-state index contributed by atoms with van der Waals surface area (Å²) in [6.07, 6.45) is 1.10. The highest BCUT2D eigenvalue weighted by Gasteiger charge is 2.21. The van der Waals surface area contributed by atoms with Gasteiger partial charge in [0.15, 0.2) is 0 Å². The number of nitrogens with zero attached hydrogens (tertiary/aromatic N) is 2. The van der Waals surface area contributed by atoms with Crippen molar-refractivity contribution in [3.05, 3.63) is 23.8 Å². The average molecular weight is 245 g/mol. The number of carbonyl (C=O) groups is 1. The second-order valence-electron chi connectivity index (χ2n) is 4.35. The fourth-order valence-corrected chi connectivity index (χ4v) is 2.03. The van der Waals surface area contributed by atoms with Crippen LogP contribution in [0.3, 0.4) is 0 Å². The Morgan fingerprint density at radius 1 is 1.50 bits per heavy atom. The van der Waals surface area contributed by atoms with Crippen molar-refractivity contribution in [2.45, 2.75) is 13.3 Å². The van der Waals surface area contributed by atoms with Crippen molar-refractivity contribution >= 4 is 16.9 Å². The van der Waals surface area contributed by atoms with Crippen molar-refractivity contribution in [1.29, 1.82) is 0 Å². The van der Waals surface area contributed by atoms with E-state index >= 15 is 0 Å². The lowest BCUT2D eigenvalue weighted by Gasteiger charge is -2.30. The van der Waals surface area contributed by atoms with Gasteiger partial charge >= 0.3 is 0 Å². The number of likely N-dealkylation sites (tertiary alicyclic amines) is 1. The van der Waals surface area contributed by atoms with E-state index < -0.39 is 0 Å². The smallest absolute Gasteiger partial charge is 0.294 e. The first-order valence-corrected chi connectivity index (χ1v) is 6.20. The summed E-state index contributed by atoms with van der Waals surface area (Å²) < 4.78 is 5.31. The molecule has 0 bridgehead atoms. The molecule has 2 aromatic rings. The Bertz CT molecular complexity index is 587. The summed E-state index contributed by atoms with van der Waals surface area (Å²) in [5.74, 6) is 0.0932. The van der Waals surface area contributed by atoms with Gasteiger partial charge in [-0.25, -0.2) is 0 Å². The van der Waals surface area contributed by atoms with E-state index in [9.17, 15) is 4.79 Å². The Hall–Kier alpha value is -2.04. The van der Waals surface area contributed by atoms with Crippen LogP contribution in [0.5, 0.6) is 6.01 Å². The number of hydrogen-bond donors (Lipinski definition) is 1. The van der Waals surface area contributed by atoms with Crippen molar-refractivity contribution in [2.24, 2.45) is 0 Å². The van der Waals surface area contributed by atoms with Crippen LogP contribution < -0.4 is 4.74 Å². The molecule has 5 nitrogen and oxygen atoms in total. The summed E-state index contributed by atoms with van der Waals surface area (Å²) in [4.78, 5) is 21.3. The molecule has 0 radical (unpaired) electrons. The highest BCUT2D eigenvalue weighted by molar-refractivity contribution is 5.97. The number of H-pyrrole nitrogens is 1. The van der Waals surface area contributed by atoms with E-state index in [-0.39, 0.29) is 5.91 Å². The van der Waals surface area contributed by atoms with Crippen LogP contribution in [-0.4, -0.2) is 40.5 Å². The summed E-state index contributed by atoms with van der Waals surface area (Å²) in [5.41, 5.74) is 2.36. The number of ether oxygens (including phenoxy) is 1. The van der Waals surface area contributed by atoms with Crippen LogP contribution >= 0.6 is 0 Å². The van der Waals surface area contributed by atoms with Crippen LogP contribution in [0.1, 0.15) is 23.7 Å². The summed E-state index contributed by atoms with van der Waals surface area (Å²) in [6.45, 7) is 4.21. The molecule has 0 unspecified atom stereocenters. The minimum absolute atomic E-state index is 0.0932. The van der Waals surface area contributed by atoms with Crippen molar-refractivity contribution in [2.75, 3.05) is 19.7 Å². The van der Waals surface area contributed by atoms with Gasteiger partial charge in [-0.3, -0.25) is 4.79 Å². The quantitative estimate of drug-likeness (QED) is 0.897. The molecule has 1 fully saturated rings. The maximum absolute atomic E-state index is 12.1. The molecule has 1 aliphatic rings. The number of imidazole rings is 1. The molecular weight excluding hydrogens is 230 g/mol. The number of aromatic nitrogens is 2. The number of nitrogens with one attached hydrogen (secondary N) is 1. The third-order valence-corrected chi connectivity index (χ3v) is 3.13. The molecule has 0 saturated carbocycles. The van der Waals surface area contributed by atoms with Gasteiger partial charge in [0, 0.05) is 18.7 Å². The SMILES string of the molecule is CCOc1nc2ccc(C(=O)N3CCC3)cc2[nH]1. The largest absolute Gasteiger partial charge is 0.465 e. The first kappa shape index (κ1) is 11.1. The molecule has 1 aromatic carbocycles. The van der Waals surface area contributed by atoms with Gasteiger partial charge in [0.1, 0.15) is 0 Å². The minimum Gasteiger partial charge on any atom is -0.465 e. The van der Waals surface area contributed by atoms with E-state index in [2.05, 4.69) is 9.97 Å². The summed E-state index contributed by atoms with van der Waals surface area (Å²) in [5, 5.41) is 0. The molecule has 0 atom stereocenters. The molecule has 1 aliphatic heterocycles. The molecule has 1 amide bonds. The predicted molar refractivity (Wildman–Crippen MR) is 67.8 cm³/mol. The van der Waals surface area contributed by atoms with E-state index in [0.717, 1.165) is 30.5 Å². The molecule has 0 aliphatic carbocycles. The average Bonchev–Trinajstić information content (AvgIpc) is 2.68. The minimum atomic E-state index is 0.0932. The van der Waals surface area contributed by atoms with Crippen LogP contribution in [0.15, 0.2) is 18.2 Å². The first-order chi connectivity index (χ1) is 8.78. The Morgan fingerprint density at radius 3 is 3.00 bits per heavy atom. The van der Waals surface area contributed by atoms with Crippen LogP contribution in [-0.2, 0) is 0 Å². The van der Waals surface area contributed by atoms with Crippen molar-refractivity contribution in [1.82, 2.24) is 14.9 Å². The van der Waals surface area contributed by atoms with Crippen LogP contribution in [0.4, 0.5) is 0 Å². The Morgan fingerprint density at radius 2 is 2.33 bits per heavy atom. The van der Waals surface area contributed by atoms with Gasteiger partial charge in [0.2, 0.25) is 0 Å². The van der Waals surface area contributed by atoms with Crippen LogP contribution in [0, 0.1) is 0 Å². The van der Waals surface area contributed by atoms with E-state index in [1.165, 1.54) is 0 Å². The molecule has 18 heavy (non-hydrogen) atoms. The highest BCUT2D eigenvalue weighted by Crippen LogP contribution is 2.19. The molecule has 0 spiro atoms. The van der Waals surface area contributed by atoms with Gasteiger partial charge in [-0.1, -0.05) is 0 Å². The number of amides is 1. The van der Waals surface area contributed by atoms with Gasteiger partial charge in [-0.05, 0) is 31.5 Å². The lowest BCUT2D eigenvalue weighted by Crippen LogP contribution is -2.41. The van der Waals surface area contributed by atoms with Crippen LogP contribution in [0.2, 0.25) is 0 Å². The summed E-state index contributed by atoms with van der Waals surface area (Å²) in [7, 11) is 0. The third kappa shape index (κ3) is 1.81. The van der Waals surface area contributed by atoms with E-state index in [4.69, 9.17) is 4.74 Å². The van der Waals surface area contributed by atoms with Gasteiger partial charge in [-0.15, -0.1) is 0 Å². The molecule has 5 heteroatoms. The summed E-state index contributed by atoms with van der Waals surface area (Å²) >= 11 is 0. The predicted octanol–water partition coefficient (Wildman–Crippen LogP) is 1.81. The number of rotatable bonds is 3. The lowest BCUT2D eigenvalue weighted by molar-refractivity contribution is 0.0652. The monoisotopic (exact) mass is 245 g/mol. The van der Waals surface area contributed by atoms with Crippen LogP contribution in [0.25, 0.3) is 11.0 Å². The molecule has 2 heterocycles. The Balaban J connectivity index is 1.92. The zero-order valence-corrected chi connectivity index (χ0v) is 10.3. The zero-order chi connectivity index (χ0) is 12.5. The van der Waals surface area contributed by atoms with E-state index in [1.807, 2.05) is 30.0 Å². The van der Waals surface area contributed by atoms with Crippen molar-refractivity contribution in [3.63, 3.8) is 0 Å². The number of hydrogen-bond acceptors (Lipinski definition) is 3. The topological polar surface area (TPSA) is 58.2 Å². The van der Waals surface area contributed by atoms with Crippen molar-refractivity contribution in [3.8, 4) is 6.01 Å². The second kappa shape index (κ2) is 4.33. The second-order valence-corrected chi connectivity index (χ2v) is 4.35. The lowest BCUT2D eigenvalue weighted by atomic mass is 10.1. The molecule has 1 N–H and O–H groups in total. The van der Waals surface area contributed by atoms with E-state index in [0.29, 0.717) is 18.2 Å². The first-order valence-electron chi connectivity index (χ1n) is 6.20. The van der Waals surface area contributed by atoms with E-state index in [1.54, 1.807) is 0 Å². The third-order valence-electron chi connectivity index (χ3n) is 3.13. The Labute approximate surface area is 105 Å². The molecule has 1 aromatic heterocycles. The fourth-order valence-electron chi connectivity index (χ4n) is 2.03. The molecular formula is C13H15N3O2. The van der Waals surface area contributed by atoms with Crippen molar-refractivity contribution < 1.29 is 9.53 Å². The van der Waals surface area contributed by atoms with Gasteiger partial charge in [0.05, 0.1) is 17.6 Å². The fraction of sp³-hybridized carbons (Fsp3) is 0.385. The number of aromatic amines is 1. The Kier molecular flexibility index (Phi) is 2.66.